The number of carbonyl (C=O) groups excluding carboxylic acids is 2. The molecular weight excluding hydrogens is 312 g/mol. The van der Waals surface area contributed by atoms with Crippen molar-refractivity contribution in [3.63, 3.8) is 0 Å². The number of hydrogen-bond donors (Lipinski definition) is 1. The number of amides is 2. The third-order valence-corrected chi connectivity index (χ3v) is 4.91. The second-order valence-electron chi connectivity index (χ2n) is 6.57. The molecule has 1 aliphatic carbocycles. The number of nitrogens with one attached hydrogen (secondary N) is 1. The molecule has 1 aromatic rings. The molecule has 0 bridgehead atoms. The van der Waals surface area contributed by atoms with Gasteiger partial charge in [-0.1, -0.05) is 23.7 Å². The summed E-state index contributed by atoms with van der Waals surface area (Å²) in [4.78, 5) is 26.4. The Kier molecular flexibility index (Phi) is 5.21. The summed E-state index contributed by atoms with van der Waals surface area (Å²) < 4.78 is 0. The zero-order valence-electron chi connectivity index (χ0n) is 13.3. The molecule has 1 aromatic carbocycles. The second-order valence-corrected chi connectivity index (χ2v) is 7.00. The van der Waals surface area contributed by atoms with Gasteiger partial charge in [-0.3, -0.25) is 9.59 Å². The predicted molar refractivity (Wildman–Crippen MR) is 90.2 cm³/mol. The first-order valence-corrected chi connectivity index (χ1v) is 8.82. The van der Waals surface area contributed by atoms with Gasteiger partial charge in [-0.25, -0.2) is 0 Å². The third-order valence-electron chi connectivity index (χ3n) is 4.66. The number of hydrogen-bond acceptors (Lipinski definition) is 2. The van der Waals surface area contributed by atoms with E-state index in [0.717, 1.165) is 49.2 Å². The number of rotatable bonds is 5. The second kappa shape index (κ2) is 7.35. The van der Waals surface area contributed by atoms with Crippen LogP contribution in [0.4, 0.5) is 0 Å². The molecular formula is C18H23ClN2O2. The lowest BCUT2D eigenvalue weighted by Crippen LogP contribution is -2.46. The van der Waals surface area contributed by atoms with E-state index in [1.54, 1.807) is 0 Å². The van der Waals surface area contributed by atoms with Crippen LogP contribution in [-0.4, -0.2) is 36.3 Å². The van der Waals surface area contributed by atoms with Crippen LogP contribution in [0.2, 0.25) is 5.02 Å². The molecule has 2 fully saturated rings. The van der Waals surface area contributed by atoms with E-state index in [-0.39, 0.29) is 23.7 Å². The van der Waals surface area contributed by atoms with Crippen molar-refractivity contribution in [2.75, 3.05) is 19.6 Å². The summed E-state index contributed by atoms with van der Waals surface area (Å²) in [6, 6.07) is 7.68. The van der Waals surface area contributed by atoms with Crippen molar-refractivity contribution in [1.82, 2.24) is 10.2 Å². The van der Waals surface area contributed by atoms with Gasteiger partial charge in [0, 0.05) is 30.6 Å². The Morgan fingerprint density at radius 2 is 1.87 bits per heavy atom. The fourth-order valence-corrected chi connectivity index (χ4v) is 3.23. The van der Waals surface area contributed by atoms with Crippen LogP contribution >= 0.6 is 11.6 Å². The van der Waals surface area contributed by atoms with Crippen LogP contribution in [0.5, 0.6) is 0 Å². The first-order valence-electron chi connectivity index (χ1n) is 8.44. The van der Waals surface area contributed by atoms with E-state index in [1.165, 1.54) is 0 Å². The Morgan fingerprint density at radius 3 is 2.57 bits per heavy atom. The molecule has 23 heavy (non-hydrogen) atoms. The molecule has 1 saturated carbocycles. The van der Waals surface area contributed by atoms with E-state index in [2.05, 4.69) is 5.32 Å². The minimum absolute atomic E-state index is 0.0586. The first kappa shape index (κ1) is 16.3. The zero-order valence-corrected chi connectivity index (χ0v) is 14.0. The number of benzene rings is 1. The molecule has 1 atom stereocenters. The van der Waals surface area contributed by atoms with Gasteiger partial charge < -0.3 is 10.2 Å². The fourth-order valence-electron chi connectivity index (χ4n) is 3.11. The van der Waals surface area contributed by atoms with Gasteiger partial charge in [-0.05, 0) is 49.8 Å². The van der Waals surface area contributed by atoms with Gasteiger partial charge in [-0.2, -0.15) is 0 Å². The van der Waals surface area contributed by atoms with Gasteiger partial charge in [-0.15, -0.1) is 0 Å². The van der Waals surface area contributed by atoms with E-state index in [9.17, 15) is 9.59 Å². The Morgan fingerprint density at radius 1 is 1.13 bits per heavy atom. The largest absolute Gasteiger partial charge is 0.355 e. The van der Waals surface area contributed by atoms with Crippen LogP contribution in [0.15, 0.2) is 24.3 Å². The van der Waals surface area contributed by atoms with Crippen molar-refractivity contribution in [1.29, 1.82) is 0 Å². The van der Waals surface area contributed by atoms with Crippen LogP contribution in [0.25, 0.3) is 0 Å². The molecule has 1 saturated heterocycles. The van der Waals surface area contributed by atoms with E-state index >= 15 is 0 Å². The first-order chi connectivity index (χ1) is 11.1. The lowest BCUT2D eigenvalue weighted by Gasteiger charge is -2.32. The number of piperidine rings is 1. The molecule has 2 aliphatic rings. The highest BCUT2D eigenvalue weighted by molar-refractivity contribution is 6.30. The van der Waals surface area contributed by atoms with E-state index in [0.29, 0.717) is 13.1 Å². The van der Waals surface area contributed by atoms with Crippen LogP contribution in [0.1, 0.15) is 31.2 Å². The smallest absolute Gasteiger partial charge is 0.225 e. The van der Waals surface area contributed by atoms with Crippen molar-refractivity contribution >= 4 is 23.4 Å². The summed E-state index contributed by atoms with van der Waals surface area (Å²) in [5.41, 5.74) is 1.16. The molecule has 0 radical (unpaired) electrons. The van der Waals surface area contributed by atoms with Crippen LogP contribution in [-0.2, 0) is 16.0 Å². The number of nitrogens with zero attached hydrogens (tertiary/aromatic N) is 1. The van der Waals surface area contributed by atoms with Crippen molar-refractivity contribution in [2.24, 2.45) is 11.8 Å². The lowest BCUT2D eigenvalue weighted by atomic mass is 9.96. The molecule has 3 rings (SSSR count). The summed E-state index contributed by atoms with van der Waals surface area (Å²) in [6.07, 6.45) is 4.63. The Bertz CT molecular complexity index is 569. The van der Waals surface area contributed by atoms with E-state index < -0.39 is 0 Å². The lowest BCUT2D eigenvalue weighted by molar-refractivity contribution is -0.136. The molecule has 0 aromatic heterocycles. The van der Waals surface area contributed by atoms with Gasteiger partial charge in [0.05, 0.1) is 5.92 Å². The highest BCUT2D eigenvalue weighted by Gasteiger charge is 2.36. The minimum Gasteiger partial charge on any atom is -0.355 e. The molecule has 0 spiro atoms. The van der Waals surface area contributed by atoms with E-state index in [1.807, 2.05) is 29.2 Å². The van der Waals surface area contributed by atoms with Crippen molar-refractivity contribution < 1.29 is 9.59 Å². The molecule has 4 nitrogen and oxygen atoms in total. The summed E-state index contributed by atoms with van der Waals surface area (Å²) in [6.45, 7) is 2.01. The highest BCUT2D eigenvalue weighted by Crippen LogP contribution is 2.32. The van der Waals surface area contributed by atoms with E-state index in [4.69, 9.17) is 11.6 Å². The quantitative estimate of drug-likeness (QED) is 0.900. The summed E-state index contributed by atoms with van der Waals surface area (Å²) in [5.74, 6) is 0.509. The Hall–Kier alpha value is -1.55. The number of halogens is 1. The predicted octanol–water partition coefficient (Wildman–Crippen LogP) is 2.65. The van der Waals surface area contributed by atoms with Gasteiger partial charge in [0.1, 0.15) is 0 Å². The van der Waals surface area contributed by atoms with Crippen molar-refractivity contribution in [3.8, 4) is 0 Å². The Balaban J connectivity index is 1.43. The monoisotopic (exact) mass is 334 g/mol. The topological polar surface area (TPSA) is 49.4 Å². The standard InChI is InChI=1S/C18H23ClN2O2/c19-16-7-3-13(4-8-16)9-10-20-17(22)15-2-1-11-21(12-15)18(23)14-5-6-14/h3-4,7-8,14-15H,1-2,5-6,9-12H2,(H,20,22)/t15-/m0/s1. The SMILES string of the molecule is O=C(NCCc1ccc(Cl)cc1)[C@H]1CCCN(C(=O)C2CC2)C1. The molecule has 5 heteroatoms. The fraction of sp³-hybridized carbons (Fsp3) is 0.556. The number of carbonyl (C=O) groups is 2. The molecule has 1 heterocycles. The summed E-state index contributed by atoms with van der Waals surface area (Å²) >= 11 is 5.86. The normalized spacial score (nSPS) is 21.1. The average molecular weight is 335 g/mol. The molecule has 1 N–H and O–H groups in total. The van der Waals surface area contributed by atoms with Gasteiger partial charge in [0.15, 0.2) is 0 Å². The van der Waals surface area contributed by atoms with Crippen molar-refractivity contribution in [3.05, 3.63) is 34.9 Å². The van der Waals surface area contributed by atoms with Gasteiger partial charge in [0.2, 0.25) is 11.8 Å². The zero-order chi connectivity index (χ0) is 16.2. The summed E-state index contributed by atoms with van der Waals surface area (Å²) in [7, 11) is 0. The third kappa shape index (κ3) is 4.47. The van der Waals surface area contributed by atoms with Crippen LogP contribution < -0.4 is 5.32 Å². The Labute approximate surface area is 142 Å². The summed E-state index contributed by atoms with van der Waals surface area (Å²) in [5, 5.41) is 3.73. The number of likely N-dealkylation sites (tertiary alicyclic amines) is 1. The molecule has 0 unspecified atom stereocenters. The average Bonchev–Trinajstić information content (AvgIpc) is 3.41. The van der Waals surface area contributed by atoms with Crippen LogP contribution in [0, 0.1) is 11.8 Å². The minimum atomic E-state index is -0.0586. The highest BCUT2D eigenvalue weighted by atomic mass is 35.5. The molecule has 1 aliphatic heterocycles. The maximum absolute atomic E-state index is 12.3. The van der Waals surface area contributed by atoms with Crippen LogP contribution in [0.3, 0.4) is 0 Å². The van der Waals surface area contributed by atoms with Gasteiger partial charge in [0.25, 0.3) is 0 Å². The molecule has 2 amide bonds. The molecule has 124 valence electrons. The maximum Gasteiger partial charge on any atom is 0.225 e. The maximum atomic E-state index is 12.3. The van der Waals surface area contributed by atoms with Crippen molar-refractivity contribution in [2.45, 2.75) is 32.1 Å². The van der Waals surface area contributed by atoms with Gasteiger partial charge >= 0.3 is 0 Å².